The van der Waals surface area contributed by atoms with Crippen LogP contribution in [0.15, 0.2) is 24.3 Å². The fourth-order valence-corrected chi connectivity index (χ4v) is 2.16. The van der Waals surface area contributed by atoms with Crippen molar-refractivity contribution in [3.63, 3.8) is 0 Å². The normalized spacial score (nSPS) is 15.2. The maximum absolute atomic E-state index is 10.6. The molecule has 0 amide bonds. The summed E-state index contributed by atoms with van der Waals surface area (Å²) in [5, 5.41) is 2.28. The van der Waals surface area contributed by atoms with E-state index in [1.54, 1.807) is 0 Å². The van der Waals surface area contributed by atoms with Gasteiger partial charge in [-0.25, -0.2) is 9.60 Å². The van der Waals surface area contributed by atoms with E-state index in [9.17, 15) is 4.79 Å². The van der Waals surface area contributed by atoms with E-state index in [2.05, 4.69) is 43.4 Å². The van der Waals surface area contributed by atoms with E-state index in [-0.39, 0.29) is 0 Å². The van der Waals surface area contributed by atoms with Crippen molar-refractivity contribution in [1.29, 1.82) is 0 Å². The van der Waals surface area contributed by atoms with Crippen molar-refractivity contribution in [1.82, 2.24) is 0 Å². The van der Waals surface area contributed by atoms with Gasteiger partial charge in [0.25, 0.3) is 0 Å². The van der Waals surface area contributed by atoms with Crippen LogP contribution in [0.25, 0.3) is 0 Å². The first-order chi connectivity index (χ1) is 7.15. The highest BCUT2D eigenvalue weighted by Crippen LogP contribution is 2.30. The molecule has 0 saturated carbocycles. The number of para-hydroxylation sites is 1. The minimum absolute atomic E-state index is 0.522. The van der Waals surface area contributed by atoms with Crippen LogP contribution in [0.4, 0.5) is 5.69 Å². The van der Waals surface area contributed by atoms with Crippen LogP contribution < -0.4 is 5.01 Å². The minimum atomic E-state index is 0.522. The lowest BCUT2D eigenvalue weighted by Crippen LogP contribution is -2.55. The summed E-state index contributed by atoms with van der Waals surface area (Å²) in [6.45, 7) is 1.52. The van der Waals surface area contributed by atoms with Crippen LogP contribution in [0.1, 0.15) is 5.56 Å². The standard InChI is InChI=1S/C12H17N2O/c1-14(2,9-10-15)13-8-7-11-5-3-4-6-12(11)13/h3-6,10H,7-9H2,1-2H3/q+1. The second-order valence-electron chi connectivity index (χ2n) is 4.47. The quantitative estimate of drug-likeness (QED) is 0.546. The van der Waals surface area contributed by atoms with Crippen molar-refractivity contribution in [2.75, 3.05) is 32.2 Å². The summed E-state index contributed by atoms with van der Waals surface area (Å²) in [4.78, 5) is 10.6. The molecule has 2 rings (SSSR count). The monoisotopic (exact) mass is 205 g/mol. The van der Waals surface area contributed by atoms with Crippen LogP contribution in [-0.4, -0.2) is 38.1 Å². The van der Waals surface area contributed by atoms with Crippen LogP contribution in [0.3, 0.4) is 0 Å². The Labute approximate surface area is 90.5 Å². The zero-order valence-corrected chi connectivity index (χ0v) is 9.31. The number of hydrogen-bond acceptors (Lipinski definition) is 2. The van der Waals surface area contributed by atoms with Gasteiger partial charge in [0.1, 0.15) is 0 Å². The third kappa shape index (κ3) is 1.75. The topological polar surface area (TPSA) is 20.3 Å². The number of carbonyl (C=O) groups excluding carboxylic acids is 1. The van der Waals surface area contributed by atoms with Gasteiger partial charge in [-0.1, -0.05) is 18.2 Å². The molecule has 0 atom stereocenters. The number of rotatable bonds is 3. The van der Waals surface area contributed by atoms with Gasteiger partial charge in [-0.05, 0) is 18.1 Å². The zero-order valence-electron chi connectivity index (χ0n) is 9.31. The first-order valence-electron chi connectivity index (χ1n) is 5.28. The Morgan fingerprint density at radius 1 is 1.40 bits per heavy atom. The second-order valence-corrected chi connectivity index (χ2v) is 4.47. The minimum Gasteiger partial charge on any atom is -0.297 e. The van der Waals surface area contributed by atoms with Gasteiger partial charge < -0.3 is 0 Å². The molecule has 0 unspecified atom stereocenters. The van der Waals surface area contributed by atoms with E-state index in [1.807, 2.05) is 0 Å². The molecule has 15 heavy (non-hydrogen) atoms. The Kier molecular flexibility index (Phi) is 2.49. The van der Waals surface area contributed by atoms with Crippen LogP contribution in [0.5, 0.6) is 0 Å². The summed E-state index contributed by atoms with van der Waals surface area (Å²) in [6, 6.07) is 8.42. The Bertz CT molecular complexity index is 374. The highest BCUT2D eigenvalue weighted by atomic mass is 16.1. The number of hydrogen-bond donors (Lipinski definition) is 0. The fourth-order valence-electron chi connectivity index (χ4n) is 2.16. The SMILES string of the molecule is C[N+](C)(CC=O)N1CCc2ccccc21. The van der Waals surface area contributed by atoms with Gasteiger partial charge in [-0.3, -0.25) is 4.79 Å². The molecule has 3 nitrogen and oxygen atoms in total. The number of carbonyl (C=O) groups is 1. The van der Waals surface area contributed by atoms with E-state index < -0.39 is 0 Å². The maximum atomic E-state index is 10.6. The smallest absolute Gasteiger partial charge is 0.176 e. The summed E-state index contributed by atoms with van der Waals surface area (Å²) >= 11 is 0. The molecule has 0 aromatic heterocycles. The summed E-state index contributed by atoms with van der Waals surface area (Å²) in [5.41, 5.74) is 2.65. The van der Waals surface area contributed by atoms with E-state index in [0.29, 0.717) is 11.1 Å². The Morgan fingerprint density at radius 2 is 2.13 bits per heavy atom. The highest BCUT2D eigenvalue weighted by Gasteiger charge is 2.31. The molecule has 1 aromatic carbocycles. The van der Waals surface area contributed by atoms with Gasteiger partial charge in [0.05, 0.1) is 26.3 Å². The molecule has 3 heteroatoms. The van der Waals surface area contributed by atoms with Crippen molar-refractivity contribution >= 4 is 12.0 Å². The molecule has 0 bridgehead atoms. The number of aldehydes is 1. The number of fused-ring (bicyclic) bond motifs is 1. The Balaban J connectivity index is 2.30. The van der Waals surface area contributed by atoms with Crippen molar-refractivity contribution < 1.29 is 9.39 Å². The number of nitrogens with zero attached hydrogens (tertiary/aromatic N) is 2. The molecular formula is C12H17N2O+. The fraction of sp³-hybridized carbons (Fsp3) is 0.417. The molecule has 0 saturated heterocycles. The number of anilines is 1. The van der Waals surface area contributed by atoms with Gasteiger partial charge in [0.15, 0.2) is 12.8 Å². The first-order valence-corrected chi connectivity index (χ1v) is 5.28. The predicted octanol–water partition coefficient (Wildman–Crippen LogP) is 1.24. The van der Waals surface area contributed by atoms with Crippen molar-refractivity contribution in [2.45, 2.75) is 6.42 Å². The molecule has 0 aliphatic carbocycles. The first kappa shape index (κ1) is 10.2. The van der Waals surface area contributed by atoms with Crippen molar-refractivity contribution in [3.05, 3.63) is 29.8 Å². The van der Waals surface area contributed by atoms with E-state index in [4.69, 9.17) is 0 Å². The van der Waals surface area contributed by atoms with Gasteiger partial charge in [0, 0.05) is 0 Å². The Hall–Kier alpha value is -1.35. The average Bonchev–Trinajstić information content (AvgIpc) is 2.61. The van der Waals surface area contributed by atoms with Gasteiger partial charge >= 0.3 is 0 Å². The lowest BCUT2D eigenvalue weighted by molar-refractivity contribution is -0.890. The molecule has 1 aliphatic rings. The summed E-state index contributed by atoms with van der Waals surface area (Å²) < 4.78 is 0.612. The third-order valence-corrected chi connectivity index (χ3v) is 3.04. The van der Waals surface area contributed by atoms with Gasteiger partial charge in [-0.15, -0.1) is 0 Å². The molecule has 0 fully saturated rings. The van der Waals surface area contributed by atoms with Gasteiger partial charge in [-0.2, -0.15) is 0 Å². The van der Waals surface area contributed by atoms with Crippen LogP contribution >= 0.6 is 0 Å². The van der Waals surface area contributed by atoms with E-state index >= 15 is 0 Å². The highest BCUT2D eigenvalue weighted by molar-refractivity contribution is 5.56. The summed E-state index contributed by atoms with van der Waals surface area (Å²) in [7, 11) is 4.13. The molecular weight excluding hydrogens is 188 g/mol. The molecule has 1 aliphatic heterocycles. The molecule has 80 valence electrons. The van der Waals surface area contributed by atoms with Crippen LogP contribution in [0, 0.1) is 0 Å². The van der Waals surface area contributed by atoms with Crippen LogP contribution in [-0.2, 0) is 11.2 Å². The Morgan fingerprint density at radius 3 is 2.87 bits per heavy atom. The van der Waals surface area contributed by atoms with Crippen LogP contribution in [0.2, 0.25) is 0 Å². The second kappa shape index (κ2) is 3.66. The average molecular weight is 205 g/mol. The summed E-state index contributed by atoms with van der Waals surface area (Å²) in [6.07, 6.45) is 2.07. The van der Waals surface area contributed by atoms with E-state index in [0.717, 1.165) is 19.3 Å². The lowest BCUT2D eigenvalue weighted by Gasteiger charge is -2.37. The lowest BCUT2D eigenvalue weighted by atomic mass is 10.2. The maximum Gasteiger partial charge on any atom is 0.176 e. The number of likely N-dealkylation sites (N-methyl/N-ethyl adjacent to an activating group) is 1. The molecule has 0 N–H and O–H groups in total. The van der Waals surface area contributed by atoms with Crippen molar-refractivity contribution in [2.24, 2.45) is 0 Å². The zero-order chi connectivity index (χ0) is 10.9. The third-order valence-electron chi connectivity index (χ3n) is 3.04. The van der Waals surface area contributed by atoms with Gasteiger partial charge in [0.2, 0.25) is 0 Å². The largest absolute Gasteiger partial charge is 0.297 e. The number of benzene rings is 1. The predicted molar refractivity (Wildman–Crippen MR) is 60.5 cm³/mol. The number of quaternary nitrogens is 1. The van der Waals surface area contributed by atoms with Crippen molar-refractivity contribution in [3.8, 4) is 0 Å². The molecule has 0 spiro atoms. The molecule has 1 aromatic rings. The molecule has 1 heterocycles. The summed E-state index contributed by atoms with van der Waals surface area (Å²) in [5.74, 6) is 0. The van der Waals surface area contributed by atoms with E-state index in [1.165, 1.54) is 11.3 Å². The molecule has 0 radical (unpaired) electrons.